The number of hydrogen-bond donors (Lipinski definition) is 0. The molecule has 1 nitrogen and oxygen atoms in total. The molecular formula is C13H14BrClO. The fourth-order valence-electron chi connectivity index (χ4n) is 1.32. The highest BCUT2D eigenvalue weighted by Gasteiger charge is 2.10. The molecule has 1 unspecified atom stereocenters. The Morgan fingerprint density at radius 1 is 1.44 bits per heavy atom. The van der Waals surface area contributed by atoms with Crippen LogP contribution in [-0.2, 0) is 4.74 Å². The SMILES string of the molecule is C=CCC(OCC(=C)Br)c1ccc(Cl)cc1. The minimum absolute atomic E-state index is 0.00377. The molecule has 0 aromatic heterocycles. The van der Waals surface area contributed by atoms with E-state index >= 15 is 0 Å². The fraction of sp³-hybridized carbons (Fsp3) is 0.231. The van der Waals surface area contributed by atoms with E-state index in [1.54, 1.807) is 0 Å². The summed E-state index contributed by atoms with van der Waals surface area (Å²) in [6, 6.07) is 7.65. The third-order valence-corrected chi connectivity index (χ3v) is 2.54. The van der Waals surface area contributed by atoms with E-state index < -0.39 is 0 Å². The van der Waals surface area contributed by atoms with Crippen molar-refractivity contribution in [3.8, 4) is 0 Å². The molecule has 1 rings (SSSR count). The normalized spacial score (nSPS) is 12.1. The van der Waals surface area contributed by atoms with Gasteiger partial charge in [-0.2, -0.15) is 0 Å². The molecule has 0 radical (unpaired) electrons. The molecule has 0 aliphatic carbocycles. The van der Waals surface area contributed by atoms with Crippen LogP contribution in [0.15, 0.2) is 48.0 Å². The summed E-state index contributed by atoms with van der Waals surface area (Å²) in [6.07, 6.45) is 2.61. The van der Waals surface area contributed by atoms with Crippen LogP contribution in [0.2, 0.25) is 5.02 Å². The molecular weight excluding hydrogens is 287 g/mol. The third-order valence-electron chi connectivity index (χ3n) is 2.06. The molecule has 0 saturated carbocycles. The first-order valence-corrected chi connectivity index (χ1v) is 6.12. The lowest BCUT2D eigenvalue weighted by Crippen LogP contribution is -2.04. The van der Waals surface area contributed by atoms with Gasteiger partial charge in [0.25, 0.3) is 0 Å². The summed E-state index contributed by atoms with van der Waals surface area (Å²) in [7, 11) is 0. The van der Waals surface area contributed by atoms with Crippen LogP contribution in [-0.4, -0.2) is 6.61 Å². The summed E-state index contributed by atoms with van der Waals surface area (Å²) >= 11 is 9.11. The molecule has 0 saturated heterocycles. The van der Waals surface area contributed by atoms with Gasteiger partial charge in [0.2, 0.25) is 0 Å². The molecule has 0 N–H and O–H groups in total. The van der Waals surface area contributed by atoms with Gasteiger partial charge >= 0.3 is 0 Å². The van der Waals surface area contributed by atoms with Crippen LogP contribution in [0.25, 0.3) is 0 Å². The van der Waals surface area contributed by atoms with Crippen molar-refractivity contribution in [1.29, 1.82) is 0 Å². The second-order valence-electron chi connectivity index (χ2n) is 3.39. The van der Waals surface area contributed by atoms with Gasteiger partial charge in [-0.05, 0) is 24.1 Å². The van der Waals surface area contributed by atoms with Crippen molar-refractivity contribution < 1.29 is 4.74 Å². The zero-order chi connectivity index (χ0) is 12.0. The monoisotopic (exact) mass is 300 g/mol. The Labute approximate surface area is 110 Å². The van der Waals surface area contributed by atoms with Gasteiger partial charge in [0.1, 0.15) is 0 Å². The van der Waals surface area contributed by atoms with E-state index in [-0.39, 0.29) is 6.10 Å². The predicted octanol–water partition coefficient (Wildman–Crippen LogP) is 4.88. The largest absolute Gasteiger partial charge is 0.368 e. The average Bonchev–Trinajstić information content (AvgIpc) is 2.25. The topological polar surface area (TPSA) is 9.23 Å². The van der Waals surface area contributed by atoms with E-state index in [0.29, 0.717) is 6.61 Å². The smallest absolute Gasteiger partial charge is 0.0864 e. The quantitative estimate of drug-likeness (QED) is 0.680. The summed E-state index contributed by atoms with van der Waals surface area (Å²) in [5.41, 5.74) is 1.10. The van der Waals surface area contributed by atoms with E-state index in [1.165, 1.54) is 0 Å². The molecule has 0 spiro atoms. The molecule has 0 amide bonds. The summed E-state index contributed by atoms with van der Waals surface area (Å²) in [6.45, 7) is 7.96. The first-order chi connectivity index (χ1) is 7.63. The van der Waals surface area contributed by atoms with Gasteiger partial charge in [-0.15, -0.1) is 6.58 Å². The van der Waals surface area contributed by atoms with Gasteiger partial charge < -0.3 is 4.74 Å². The van der Waals surface area contributed by atoms with E-state index in [4.69, 9.17) is 16.3 Å². The lowest BCUT2D eigenvalue weighted by molar-refractivity contribution is 0.0755. The molecule has 1 aromatic carbocycles. The van der Waals surface area contributed by atoms with Gasteiger partial charge in [0, 0.05) is 9.51 Å². The van der Waals surface area contributed by atoms with Crippen molar-refractivity contribution in [3.63, 3.8) is 0 Å². The van der Waals surface area contributed by atoms with E-state index in [2.05, 4.69) is 29.1 Å². The molecule has 0 aliphatic rings. The average molecular weight is 302 g/mol. The summed E-state index contributed by atoms with van der Waals surface area (Å²) < 4.78 is 6.54. The first kappa shape index (κ1) is 13.5. The summed E-state index contributed by atoms with van der Waals surface area (Å²) in [4.78, 5) is 0. The van der Waals surface area contributed by atoms with Gasteiger partial charge in [-0.1, -0.05) is 52.3 Å². The molecule has 0 aliphatic heterocycles. The third kappa shape index (κ3) is 4.52. The fourth-order valence-corrected chi connectivity index (χ4v) is 1.58. The Kier molecular flexibility index (Phi) is 5.81. The number of ether oxygens (including phenoxy) is 1. The molecule has 0 fully saturated rings. The second-order valence-corrected chi connectivity index (χ2v) is 4.95. The Morgan fingerprint density at radius 3 is 2.56 bits per heavy atom. The Balaban J connectivity index is 2.72. The zero-order valence-corrected chi connectivity index (χ0v) is 11.3. The number of halogens is 2. The van der Waals surface area contributed by atoms with Crippen molar-refractivity contribution in [2.24, 2.45) is 0 Å². The summed E-state index contributed by atoms with van der Waals surface area (Å²) in [5.74, 6) is 0. The van der Waals surface area contributed by atoms with Gasteiger partial charge in [0.15, 0.2) is 0 Å². The molecule has 16 heavy (non-hydrogen) atoms. The van der Waals surface area contributed by atoms with Crippen LogP contribution in [0, 0.1) is 0 Å². The number of benzene rings is 1. The molecule has 3 heteroatoms. The second kappa shape index (κ2) is 6.89. The Hall–Kier alpha value is -0.570. The Bertz CT molecular complexity index is 359. The zero-order valence-electron chi connectivity index (χ0n) is 8.96. The van der Waals surface area contributed by atoms with Crippen LogP contribution in [0.5, 0.6) is 0 Å². The maximum Gasteiger partial charge on any atom is 0.0864 e. The van der Waals surface area contributed by atoms with Gasteiger partial charge in [-0.25, -0.2) is 0 Å². The van der Waals surface area contributed by atoms with Gasteiger partial charge in [0.05, 0.1) is 12.7 Å². The number of hydrogen-bond acceptors (Lipinski definition) is 1. The van der Waals surface area contributed by atoms with E-state index in [1.807, 2.05) is 30.3 Å². The van der Waals surface area contributed by atoms with Gasteiger partial charge in [-0.3, -0.25) is 0 Å². The van der Waals surface area contributed by atoms with Crippen LogP contribution >= 0.6 is 27.5 Å². The maximum atomic E-state index is 5.84. The highest BCUT2D eigenvalue weighted by molar-refractivity contribution is 9.11. The lowest BCUT2D eigenvalue weighted by Gasteiger charge is -2.16. The standard InChI is InChI=1S/C13H14BrClO/c1-3-4-13(16-9-10(2)14)11-5-7-12(15)8-6-11/h3,5-8,13H,1-2,4,9H2. The van der Waals surface area contributed by atoms with Crippen LogP contribution in [0.3, 0.4) is 0 Å². The molecule has 1 aromatic rings. The minimum atomic E-state index is 0.00377. The van der Waals surface area contributed by atoms with E-state index in [0.717, 1.165) is 21.5 Å². The minimum Gasteiger partial charge on any atom is -0.368 e. The Morgan fingerprint density at radius 2 is 2.06 bits per heavy atom. The van der Waals surface area contributed by atoms with Crippen molar-refractivity contribution in [1.82, 2.24) is 0 Å². The molecule has 0 bridgehead atoms. The number of rotatable bonds is 6. The van der Waals surface area contributed by atoms with Crippen LogP contribution in [0.1, 0.15) is 18.1 Å². The molecule has 1 atom stereocenters. The first-order valence-electron chi connectivity index (χ1n) is 4.94. The highest BCUT2D eigenvalue weighted by Crippen LogP contribution is 2.24. The maximum absolute atomic E-state index is 5.84. The van der Waals surface area contributed by atoms with Crippen molar-refractivity contribution in [3.05, 3.63) is 58.6 Å². The van der Waals surface area contributed by atoms with Crippen LogP contribution < -0.4 is 0 Å². The van der Waals surface area contributed by atoms with E-state index in [9.17, 15) is 0 Å². The van der Waals surface area contributed by atoms with Crippen molar-refractivity contribution in [2.45, 2.75) is 12.5 Å². The predicted molar refractivity (Wildman–Crippen MR) is 73.0 cm³/mol. The van der Waals surface area contributed by atoms with Crippen molar-refractivity contribution in [2.75, 3.05) is 6.61 Å². The lowest BCUT2D eigenvalue weighted by atomic mass is 10.1. The van der Waals surface area contributed by atoms with Crippen molar-refractivity contribution >= 4 is 27.5 Å². The summed E-state index contributed by atoms with van der Waals surface area (Å²) in [5, 5.41) is 0.728. The molecule has 0 heterocycles. The van der Waals surface area contributed by atoms with Crippen LogP contribution in [0.4, 0.5) is 0 Å². The molecule has 86 valence electrons. The highest BCUT2D eigenvalue weighted by atomic mass is 79.9.